The Labute approximate surface area is 89.1 Å². The van der Waals surface area contributed by atoms with Crippen LogP contribution in [0.4, 0.5) is 0 Å². The van der Waals surface area contributed by atoms with E-state index in [2.05, 4.69) is 37.9 Å². The first-order valence-corrected chi connectivity index (χ1v) is 6.17. The fraction of sp³-hybridized carbons (Fsp3) is 1.00. The van der Waals surface area contributed by atoms with Gasteiger partial charge in [-0.1, -0.05) is 20.8 Å². The first kappa shape index (κ1) is 12.0. The van der Waals surface area contributed by atoms with E-state index in [-0.39, 0.29) is 0 Å². The predicted molar refractivity (Wildman–Crippen MR) is 62.6 cm³/mol. The molecule has 1 saturated carbocycles. The zero-order chi connectivity index (χ0) is 10.6. The van der Waals surface area contributed by atoms with Crippen molar-refractivity contribution in [2.75, 3.05) is 19.6 Å². The smallest absolute Gasteiger partial charge is 0.0107 e. The Morgan fingerprint density at radius 1 is 1.29 bits per heavy atom. The minimum absolute atomic E-state index is 0.728. The Bertz CT molecular complexity index is 154. The molecule has 1 rings (SSSR count). The van der Waals surface area contributed by atoms with Gasteiger partial charge in [-0.05, 0) is 45.3 Å². The Morgan fingerprint density at radius 2 is 1.93 bits per heavy atom. The average molecular weight is 198 g/mol. The maximum atomic E-state index is 3.44. The number of nitrogens with zero attached hydrogens (tertiary/aromatic N) is 1. The summed E-state index contributed by atoms with van der Waals surface area (Å²) in [5, 5.41) is 3.44. The van der Waals surface area contributed by atoms with Gasteiger partial charge in [-0.2, -0.15) is 0 Å². The summed E-state index contributed by atoms with van der Waals surface area (Å²) in [5.41, 5.74) is 0. The van der Waals surface area contributed by atoms with Gasteiger partial charge in [-0.25, -0.2) is 0 Å². The summed E-state index contributed by atoms with van der Waals surface area (Å²) in [6, 6.07) is 1.63. The molecule has 0 amide bonds. The van der Waals surface area contributed by atoms with Gasteiger partial charge < -0.3 is 5.32 Å². The molecule has 1 fully saturated rings. The molecule has 1 N–H and O–H groups in total. The predicted octanol–water partition coefficient (Wildman–Crippen LogP) is 2.10. The van der Waals surface area contributed by atoms with Crippen molar-refractivity contribution in [3.63, 3.8) is 0 Å². The monoisotopic (exact) mass is 198 g/mol. The maximum absolute atomic E-state index is 3.44. The highest BCUT2D eigenvalue weighted by molar-refractivity contribution is 4.88. The molecule has 0 aliphatic heterocycles. The molecule has 84 valence electrons. The molecule has 0 aromatic rings. The molecule has 2 nitrogen and oxygen atoms in total. The van der Waals surface area contributed by atoms with Crippen molar-refractivity contribution in [2.45, 2.75) is 52.6 Å². The van der Waals surface area contributed by atoms with E-state index in [4.69, 9.17) is 0 Å². The van der Waals surface area contributed by atoms with Gasteiger partial charge in [0.05, 0.1) is 0 Å². The van der Waals surface area contributed by atoms with Crippen LogP contribution in [0.5, 0.6) is 0 Å². The van der Waals surface area contributed by atoms with Gasteiger partial charge in [0, 0.05) is 12.1 Å². The lowest BCUT2D eigenvalue weighted by Gasteiger charge is -2.32. The minimum Gasteiger partial charge on any atom is -0.317 e. The van der Waals surface area contributed by atoms with Crippen LogP contribution >= 0.6 is 0 Å². The van der Waals surface area contributed by atoms with Crippen LogP contribution < -0.4 is 5.32 Å². The van der Waals surface area contributed by atoms with E-state index in [9.17, 15) is 0 Å². The van der Waals surface area contributed by atoms with Gasteiger partial charge in [0.25, 0.3) is 0 Å². The topological polar surface area (TPSA) is 15.3 Å². The second-order valence-electron chi connectivity index (χ2n) is 4.59. The van der Waals surface area contributed by atoms with Crippen LogP contribution in [0.25, 0.3) is 0 Å². The van der Waals surface area contributed by atoms with Crippen molar-refractivity contribution < 1.29 is 0 Å². The summed E-state index contributed by atoms with van der Waals surface area (Å²) in [7, 11) is 0. The summed E-state index contributed by atoms with van der Waals surface area (Å²) < 4.78 is 0. The van der Waals surface area contributed by atoms with Crippen molar-refractivity contribution in [3.8, 4) is 0 Å². The standard InChI is InChI=1S/C12H26N2/c1-5-13-9-10(3)11(4)14(6-2)12-7-8-12/h10-13H,5-9H2,1-4H3. The molecule has 0 aromatic carbocycles. The van der Waals surface area contributed by atoms with Gasteiger partial charge in [0.1, 0.15) is 0 Å². The van der Waals surface area contributed by atoms with Gasteiger partial charge in [0.15, 0.2) is 0 Å². The summed E-state index contributed by atoms with van der Waals surface area (Å²) in [4.78, 5) is 2.67. The summed E-state index contributed by atoms with van der Waals surface area (Å²) in [5.74, 6) is 0.760. The van der Waals surface area contributed by atoms with Crippen LogP contribution in [0.1, 0.15) is 40.5 Å². The normalized spacial score (nSPS) is 21.2. The maximum Gasteiger partial charge on any atom is 0.0107 e. The third-order valence-electron chi connectivity index (χ3n) is 3.44. The fourth-order valence-electron chi connectivity index (χ4n) is 2.15. The number of rotatable bonds is 7. The summed E-state index contributed by atoms with van der Waals surface area (Å²) >= 11 is 0. The van der Waals surface area contributed by atoms with Crippen LogP contribution in [0.15, 0.2) is 0 Å². The van der Waals surface area contributed by atoms with Crippen molar-refractivity contribution in [1.29, 1.82) is 0 Å². The second-order valence-corrected chi connectivity index (χ2v) is 4.59. The molecule has 2 unspecified atom stereocenters. The van der Waals surface area contributed by atoms with E-state index in [1.165, 1.54) is 19.4 Å². The lowest BCUT2D eigenvalue weighted by Crippen LogP contribution is -2.42. The van der Waals surface area contributed by atoms with Crippen LogP contribution in [-0.4, -0.2) is 36.6 Å². The average Bonchev–Trinajstić information content (AvgIpc) is 2.99. The molecule has 0 radical (unpaired) electrons. The van der Waals surface area contributed by atoms with E-state index in [1.54, 1.807) is 0 Å². The fourth-order valence-corrected chi connectivity index (χ4v) is 2.15. The quantitative estimate of drug-likeness (QED) is 0.674. The minimum atomic E-state index is 0.728. The van der Waals surface area contributed by atoms with Gasteiger partial charge in [0.2, 0.25) is 0 Å². The Kier molecular flexibility index (Phi) is 4.90. The Balaban J connectivity index is 2.32. The number of hydrogen-bond acceptors (Lipinski definition) is 2. The molecular weight excluding hydrogens is 172 g/mol. The number of hydrogen-bond donors (Lipinski definition) is 1. The zero-order valence-corrected chi connectivity index (χ0v) is 10.2. The molecule has 0 spiro atoms. The van der Waals surface area contributed by atoms with Crippen LogP contribution in [0, 0.1) is 5.92 Å². The van der Waals surface area contributed by atoms with E-state index in [0.717, 1.165) is 31.1 Å². The molecule has 14 heavy (non-hydrogen) atoms. The van der Waals surface area contributed by atoms with Crippen molar-refractivity contribution in [2.24, 2.45) is 5.92 Å². The van der Waals surface area contributed by atoms with Crippen LogP contribution in [-0.2, 0) is 0 Å². The van der Waals surface area contributed by atoms with Crippen molar-refractivity contribution in [1.82, 2.24) is 10.2 Å². The highest BCUT2D eigenvalue weighted by Gasteiger charge is 2.32. The van der Waals surface area contributed by atoms with Crippen molar-refractivity contribution >= 4 is 0 Å². The third-order valence-corrected chi connectivity index (χ3v) is 3.44. The van der Waals surface area contributed by atoms with E-state index in [1.807, 2.05) is 0 Å². The highest BCUT2D eigenvalue weighted by Crippen LogP contribution is 2.29. The lowest BCUT2D eigenvalue weighted by atomic mass is 10.0. The largest absolute Gasteiger partial charge is 0.317 e. The number of nitrogens with one attached hydrogen (secondary N) is 1. The van der Waals surface area contributed by atoms with Crippen LogP contribution in [0.2, 0.25) is 0 Å². The Hall–Kier alpha value is -0.0800. The third kappa shape index (κ3) is 3.25. The molecule has 0 aromatic heterocycles. The lowest BCUT2D eigenvalue weighted by molar-refractivity contribution is 0.159. The van der Waals surface area contributed by atoms with Gasteiger partial charge >= 0.3 is 0 Å². The summed E-state index contributed by atoms with van der Waals surface area (Å²) in [6.07, 6.45) is 2.85. The second kappa shape index (κ2) is 5.72. The first-order chi connectivity index (χ1) is 6.70. The Morgan fingerprint density at radius 3 is 2.36 bits per heavy atom. The van der Waals surface area contributed by atoms with Crippen molar-refractivity contribution in [3.05, 3.63) is 0 Å². The molecule has 1 aliphatic rings. The molecule has 2 atom stereocenters. The van der Waals surface area contributed by atoms with E-state index < -0.39 is 0 Å². The summed E-state index contributed by atoms with van der Waals surface area (Å²) in [6.45, 7) is 12.7. The molecule has 0 heterocycles. The zero-order valence-electron chi connectivity index (χ0n) is 10.2. The molecule has 2 heteroatoms. The first-order valence-electron chi connectivity index (χ1n) is 6.17. The van der Waals surface area contributed by atoms with E-state index in [0.29, 0.717) is 0 Å². The van der Waals surface area contributed by atoms with Crippen LogP contribution in [0.3, 0.4) is 0 Å². The van der Waals surface area contributed by atoms with E-state index >= 15 is 0 Å². The molecular formula is C12H26N2. The van der Waals surface area contributed by atoms with Gasteiger partial charge in [-0.15, -0.1) is 0 Å². The highest BCUT2D eigenvalue weighted by atomic mass is 15.2. The van der Waals surface area contributed by atoms with Gasteiger partial charge in [-0.3, -0.25) is 4.90 Å². The molecule has 1 aliphatic carbocycles. The molecule has 0 bridgehead atoms. The SMILES string of the molecule is CCNCC(C)C(C)N(CC)C1CC1. The molecule has 0 saturated heterocycles.